The molecule has 0 spiro atoms. The number of carbonyl (C=O) groups excluding carboxylic acids is 2. The van der Waals surface area contributed by atoms with Crippen LogP contribution in [-0.2, 0) is 19.7 Å². The summed E-state index contributed by atoms with van der Waals surface area (Å²) < 4.78 is 30.1. The summed E-state index contributed by atoms with van der Waals surface area (Å²) in [5, 5.41) is 15.1. The summed E-state index contributed by atoms with van der Waals surface area (Å²) in [4.78, 5) is 33.7. The number of amides is 2. The highest BCUT2D eigenvalue weighted by Gasteiger charge is 2.26. The Bertz CT molecular complexity index is 1150. The zero-order valence-electron chi connectivity index (χ0n) is 14.3. The van der Waals surface area contributed by atoms with Crippen LogP contribution in [0.4, 0.5) is 5.69 Å². The van der Waals surface area contributed by atoms with Crippen LogP contribution in [0.15, 0.2) is 59.0 Å². The topological polar surface area (TPSA) is 145 Å². The third-order valence-corrected chi connectivity index (χ3v) is 5.15. The molecule has 1 heterocycles. The van der Waals surface area contributed by atoms with Gasteiger partial charge in [-0.2, -0.15) is 8.42 Å². The molecule has 12 heteroatoms. The van der Waals surface area contributed by atoms with Gasteiger partial charge in [-0.15, -0.1) is 0 Å². The molecule has 0 aromatic heterocycles. The Kier molecular flexibility index (Phi) is 5.39. The minimum absolute atomic E-state index is 0.137. The van der Waals surface area contributed by atoms with E-state index in [2.05, 4.69) is 10.6 Å². The van der Waals surface area contributed by atoms with E-state index in [9.17, 15) is 28.1 Å². The lowest BCUT2D eigenvalue weighted by atomic mass is 10.1. The summed E-state index contributed by atoms with van der Waals surface area (Å²) in [6.45, 7) is 0. The van der Waals surface area contributed by atoms with Crippen molar-refractivity contribution in [3.8, 4) is 5.75 Å². The third-order valence-electron chi connectivity index (χ3n) is 3.70. The van der Waals surface area contributed by atoms with Crippen LogP contribution in [0.2, 0.25) is 0 Å². The Morgan fingerprint density at radius 3 is 2.17 bits per heavy atom. The summed E-state index contributed by atoms with van der Waals surface area (Å²) >= 11 is 4.72. The predicted octanol–water partition coefficient (Wildman–Crippen LogP) is 1.28. The van der Waals surface area contributed by atoms with Gasteiger partial charge in [0.15, 0.2) is 5.11 Å². The first-order valence-electron chi connectivity index (χ1n) is 7.84. The van der Waals surface area contributed by atoms with Gasteiger partial charge in [0, 0.05) is 17.7 Å². The number of para-hydroxylation sites is 1. The van der Waals surface area contributed by atoms with Crippen molar-refractivity contribution in [2.75, 3.05) is 0 Å². The SMILES string of the molecule is O=C1NC(=S)NC(=O)C1=Cc1ccccc1OS(=O)(=O)c1ccc([N+](=O)[O-])cc1. The number of rotatable bonds is 5. The standard InChI is InChI=1S/C17H11N3O7S2/c21-15-13(16(22)19-17(28)18-15)9-10-3-1-2-4-14(10)27-29(25,26)12-7-5-11(6-8-12)20(23)24/h1-9H,(H2,18,19,21,22,28). The number of nitro benzene ring substituents is 1. The highest BCUT2D eigenvalue weighted by atomic mass is 32.2. The monoisotopic (exact) mass is 433 g/mol. The van der Waals surface area contributed by atoms with E-state index in [1.807, 2.05) is 0 Å². The Balaban J connectivity index is 1.94. The van der Waals surface area contributed by atoms with E-state index in [1.54, 1.807) is 6.07 Å². The molecule has 148 valence electrons. The fourth-order valence-electron chi connectivity index (χ4n) is 2.34. The van der Waals surface area contributed by atoms with Crippen molar-refractivity contribution in [3.63, 3.8) is 0 Å². The van der Waals surface area contributed by atoms with Gasteiger partial charge < -0.3 is 4.18 Å². The van der Waals surface area contributed by atoms with Crippen LogP contribution in [0.25, 0.3) is 6.08 Å². The van der Waals surface area contributed by atoms with Crippen LogP contribution in [0.5, 0.6) is 5.75 Å². The van der Waals surface area contributed by atoms with Crippen LogP contribution in [0.3, 0.4) is 0 Å². The second-order valence-corrected chi connectivity index (χ2v) is 7.58. The first-order chi connectivity index (χ1) is 13.7. The highest BCUT2D eigenvalue weighted by Crippen LogP contribution is 2.26. The Morgan fingerprint density at radius 1 is 1.00 bits per heavy atom. The fraction of sp³-hybridized carbons (Fsp3) is 0. The maximum absolute atomic E-state index is 12.5. The molecule has 2 N–H and O–H groups in total. The number of nitrogens with one attached hydrogen (secondary N) is 2. The van der Waals surface area contributed by atoms with Crippen molar-refractivity contribution >= 4 is 51.0 Å². The first-order valence-corrected chi connectivity index (χ1v) is 9.65. The summed E-state index contributed by atoms with van der Waals surface area (Å²) in [6.07, 6.45) is 1.16. The molecule has 1 aliphatic heterocycles. The molecule has 0 atom stereocenters. The van der Waals surface area contributed by atoms with E-state index in [0.29, 0.717) is 0 Å². The van der Waals surface area contributed by atoms with Gasteiger partial charge >= 0.3 is 10.1 Å². The lowest BCUT2D eigenvalue weighted by Crippen LogP contribution is -2.51. The molecule has 0 bridgehead atoms. The van der Waals surface area contributed by atoms with Gasteiger partial charge in [-0.1, -0.05) is 18.2 Å². The van der Waals surface area contributed by atoms with Gasteiger partial charge in [0.2, 0.25) is 0 Å². The molecule has 2 amide bonds. The Hall–Kier alpha value is -3.64. The van der Waals surface area contributed by atoms with Crippen LogP contribution < -0.4 is 14.8 Å². The molecule has 0 radical (unpaired) electrons. The highest BCUT2D eigenvalue weighted by molar-refractivity contribution is 7.87. The number of benzene rings is 2. The zero-order valence-corrected chi connectivity index (χ0v) is 16.0. The summed E-state index contributed by atoms with van der Waals surface area (Å²) in [5.41, 5.74) is -0.421. The van der Waals surface area contributed by atoms with Crippen molar-refractivity contribution < 1.29 is 27.1 Å². The van der Waals surface area contributed by atoms with Gasteiger partial charge in [-0.3, -0.25) is 30.3 Å². The average Bonchev–Trinajstić information content (AvgIpc) is 2.65. The molecule has 0 saturated carbocycles. The average molecular weight is 433 g/mol. The second kappa shape index (κ2) is 7.77. The lowest BCUT2D eigenvalue weighted by molar-refractivity contribution is -0.384. The summed E-state index contributed by atoms with van der Waals surface area (Å²) in [6, 6.07) is 9.97. The Morgan fingerprint density at radius 2 is 1.59 bits per heavy atom. The zero-order chi connectivity index (χ0) is 21.2. The Labute approximate surface area is 169 Å². The van der Waals surface area contributed by atoms with E-state index in [1.165, 1.54) is 18.2 Å². The molecular formula is C17H11N3O7S2. The molecule has 1 fully saturated rings. The van der Waals surface area contributed by atoms with Crippen molar-refractivity contribution in [3.05, 3.63) is 69.8 Å². The predicted molar refractivity (Wildman–Crippen MR) is 104 cm³/mol. The molecule has 0 aliphatic carbocycles. The van der Waals surface area contributed by atoms with Crippen molar-refractivity contribution in [2.45, 2.75) is 4.90 Å². The van der Waals surface area contributed by atoms with Crippen LogP contribution >= 0.6 is 12.2 Å². The number of non-ortho nitro benzene ring substituents is 1. The molecular weight excluding hydrogens is 422 g/mol. The van der Waals surface area contributed by atoms with Gasteiger partial charge in [0.1, 0.15) is 16.2 Å². The van der Waals surface area contributed by atoms with E-state index in [-0.39, 0.29) is 32.6 Å². The van der Waals surface area contributed by atoms with Gasteiger partial charge in [-0.05, 0) is 36.5 Å². The summed E-state index contributed by atoms with van der Waals surface area (Å²) in [7, 11) is -4.33. The van der Waals surface area contributed by atoms with Crippen LogP contribution in [0, 0.1) is 10.1 Å². The minimum atomic E-state index is -4.33. The van der Waals surface area contributed by atoms with E-state index < -0.39 is 26.9 Å². The van der Waals surface area contributed by atoms with Crippen molar-refractivity contribution in [1.29, 1.82) is 0 Å². The molecule has 1 aliphatic rings. The molecule has 1 saturated heterocycles. The smallest absolute Gasteiger partial charge is 0.339 e. The minimum Gasteiger partial charge on any atom is -0.378 e. The fourth-order valence-corrected chi connectivity index (χ4v) is 3.48. The molecule has 2 aromatic rings. The van der Waals surface area contributed by atoms with E-state index >= 15 is 0 Å². The number of hydrogen-bond acceptors (Lipinski definition) is 8. The van der Waals surface area contributed by atoms with E-state index in [0.717, 1.165) is 30.3 Å². The summed E-state index contributed by atoms with van der Waals surface area (Å²) in [5.74, 6) is -1.63. The molecule has 3 rings (SSSR count). The molecule has 29 heavy (non-hydrogen) atoms. The maximum Gasteiger partial charge on any atom is 0.339 e. The first kappa shape index (κ1) is 20.1. The third kappa shape index (κ3) is 4.44. The number of nitro groups is 1. The molecule has 10 nitrogen and oxygen atoms in total. The largest absolute Gasteiger partial charge is 0.378 e. The normalized spacial score (nSPS) is 14.1. The second-order valence-electron chi connectivity index (χ2n) is 5.62. The van der Waals surface area contributed by atoms with Gasteiger partial charge in [0.25, 0.3) is 17.5 Å². The van der Waals surface area contributed by atoms with Crippen molar-refractivity contribution in [2.24, 2.45) is 0 Å². The van der Waals surface area contributed by atoms with Gasteiger partial charge in [-0.25, -0.2) is 0 Å². The number of carbonyl (C=O) groups is 2. The van der Waals surface area contributed by atoms with Crippen molar-refractivity contribution in [1.82, 2.24) is 10.6 Å². The van der Waals surface area contributed by atoms with Gasteiger partial charge in [0.05, 0.1) is 4.92 Å². The number of hydrogen-bond donors (Lipinski definition) is 2. The maximum atomic E-state index is 12.5. The molecule has 0 unspecified atom stereocenters. The van der Waals surface area contributed by atoms with E-state index in [4.69, 9.17) is 16.4 Å². The van der Waals surface area contributed by atoms with Crippen LogP contribution in [0.1, 0.15) is 5.56 Å². The number of nitrogens with zero attached hydrogens (tertiary/aromatic N) is 1. The lowest BCUT2D eigenvalue weighted by Gasteiger charge is -2.17. The molecule has 2 aromatic carbocycles. The quantitative estimate of drug-likeness (QED) is 0.179. The number of thiocarbonyl (C=S) groups is 1. The van der Waals surface area contributed by atoms with Crippen LogP contribution in [-0.4, -0.2) is 30.3 Å².